The fraction of sp³-hybridized carbons (Fsp3) is 0.533. The van der Waals surface area contributed by atoms with Gasteiger partial charge in [0.1, 0.15) is 5.75 Å². The van der Waals surface area contributed by atoms with Gasteiger partial charge in [-0.3, -0.25) is 4.90 Å². The number of methoxy groups -OCH3 is 1. The van der Waals surface area contributed by atoms with Gasteiger partial charge in [0, 0.05) is 32.0 Å². The van der Waals surface area contributed by atoms with E-state index in [1.165, 1.54) is 5.56 Å². The van der Waals surface area contributed by atoms with E-state index in [9.17, 15) is 0 Å². The van der Waals surface area contributed by atoms with Gasteiger partial charge in [-0.2, -0.15) is 0 Å². The fourth-order valence-corrected chi connectivity index (χ4v) is 2.65. The van der Waals surface area contributed by atoms with Crippen molar-refractivity contribution < 1.29 is 9.94 Å². The largest absolute Gasteiger partial charge is 0.497 e. The van der Waals surface area contributed by atoms with Gasteiger partial charge in [0.05, 0.1) is 12.8 Å². The lowest BCUT2D eigenvalue weighted by Crippen LogP contribution is -2.40. The van der Waals surface area contributed by atoms with Crippen molar-refractivity contribution in [2.24, 2.45) is 11.1 Å². The Morgan fingerprint density at radius 1 is 1.47 bits per heavy atom. The molecule has 1 saturated heterocycles. The predicted molar refractivity (Wildman–Crippen MR) is 75.9 cm³/mol. The molecule has 1 atom stereocenters. The van der Waals surface area contributed by atoms with Crippen LogP contribution in [0.5, 0.6) is 5.75 Å². The molecule has 1 aliphatic heterocycles. The highest BCUT2D eigenvalue weighted by Crippen LogP contribution is 2.20. The highest BCUT2D eigenvalue weighted by Gasteiger charge is 2.24. The molecule has 4 heteroatoms. The number of ether oxygens (including phenoxy) is 1. The minimum Gasteiger partial charge on any atom is -0.497 e. The van der Waals surface area contributed by atoms with Crippen LogP contribution in [0.3, 0.4) is 0 Å². The number of hydrogen-bond donors (Lipinski definition) is 1. The lowest BCUT2D eigenvalue weighted by molar-refractivity contribution is 0.220. The van der Waals surface area contributed by atoms with Crippen LogP contribution in [0.4, 0.5) is 0 Å². The summed E-state index contributed by atoms with van der Waals surface area (Å²) >= 11 is 0. The summed E-state index contributed by atoms with van der Waals surface area (Å²) in [6.45, 7) is 4.98. The van der Waals surface area contributed by atoms with E-state index in [-0.39, 0.29) is 0 Å². The first-order valence-corrected chi connectivity index (χ1v) is 6.83. The van der Waals surface area contributed by atoms with Crippen LogP contribution in [0.1, 0.15) is 25.3 Å². The number of oxime groups is 1. The molecule has 0 amide bonds. The molecule has 1 unspecified atom stereocenters. The molecule has 19 heavy (non-hydrogen) atoms. The fourth-order valence-electron chi connectivity index (χ4n) is 2.65. The van der Waals surface area contributed by atoms with Crippen LogP contribution >= 0.6 is 0 Å². The third-order valence-electron chi connectivity index (χ3n) is 3.80. The van der Waals surface area contributed by atoms with Gasteiger partial charge in [-0.1, -0.05) is 24.2 Å². The van der Waals surface area contributed by atoms with Crippen LogP contribution in [0.15, 0.2) is 29.4 Å². The highest BCUT2D eigenvalue weighted by atomic mass is 16.5. The molecule has 104 valence electrons. The van der Waals surface area contributed by atoms with Crippen molar-refractivity contribution in [1.29, 1.82) is 0 Å². The Kier molecular flexibility index (Phi) is 4.80. The van der Waals surface area contributed by atoms with Gasteiger partial charge >= 0.3 is 0 Å². The molecule has 1 aliphatic rings. The van der Waals surface area contributed by atoms with Gasteiger partial charge in [0.2, 0.25) is 0 Å². The topological polar surface area (TPSA) is 45.1 Å². The third kappa shape index (κ3) is 3.47. The van der Waals surface area contributed by atoms with E-state index in [0.717, 1.165) is 43.9 Å². The maximum atomic E-state index is 8.99. The van der Waals surface area contributed by atoms with Crippen molar-refractivity contribution in [3.05, 3.63) is 29.8 Å². The molecular weight excluding hydrogens is 240 g/mol. The van der Waals surface area contributed by atoms with E-state index in [4.69, 9.17) is 9.94 Å². The quantitative estimate of drug-likeness (QED) is 0.670. The van der Waals surface area contributed by atoms with Gasteiger partial charge in [-0.05, 0) is 24.1 Å². The summed E-state index contributed by atoms with van der Waals surface area (Å²) in [5, 5.41) is 12.4. The number of likely N-dealkylation sites (tertiary alicyclic amines) is 1. The summed E-state index contributed by atoms with van der Waals surface area (Å²) in [5.41, 5.74) is 2.21. The second-order valence-corrected chi connectivity index (χ2v) is 5.03. The molecule has 0 saturated carbocycles. The van der Waals surface area contributed by atoms with Crippen LogP contribution < -0.4 is 4.74 Å². The van der Waals surface area contributed by atoms with Crippen molar-refractivity contribution in [2.45, 2.75) is 26.3 Å². The Morgan fingerprint density at radius 3 is 3.00 bits per heavy atom. The zero-order valence-corrected chi connectivity index (χ0v) is 11.7. The van der Waals surface area contributed by atoms with Crippen LogP contribution in [-0.2, 0) is 6.54 Å². The van der Waals surface area contributed by atoms with E-state index in [1.54, 1.807) is 7.11 Å². The summed E-state index contributed by atoms with van der Waals surface area (Å²) in [4.78, 5) is 2.41. The molecular formula is C15H22N2O2. The second kappa shape index (κ2) is 6.57. The molecule has 1 aromatic rings. The van der Waals surface area contributed by atoms with Crippen molar-refractivity contribution in [3.8, 4) is 5.75 Å². The molecule has 1 heterocycles. The molecule has 1 N–H and O–H groups in total. The summed E-state index contributed by atoms with van der Waals surface area (Å²) < 4.78 is 5.25. The minimum atomic E-state index is 0.379. The number of benzene rings is 1. The van der Waals surface area contributed by atoms with Crippen molar-refractivity contribution >= 4 is 5.71 Å². The Hall–Kier alpha value is -1.55. The zero-order chi connectivity index (χ0) is 13.7. The molecule has 1 aromatic carbocycles. The molecule has 2 rings (SSSR count). The van der Waals surface area contributed by atoms with E-state index in [1.807, 2.05) is 12.1 Å². The van der Waals surface area contributed by atoms with Crippen LogP contribution in [0.25, 0.3) is 0 Å². The average Bonchev–Trinajstić information content (AvgIpc) is 2.47. The first kappa shape index (κ1) is 13.9. The summed E-state index contributed by atoms with van der Waals surface area (Å²) in [6.07, 6.45) is 1.88. The maximum Gasteiger partial charge on any atom is 0.119 e. The van der Waals surface area contributed by atoms with E-state index in [2.05, 4.69) is 29.1 Å². The van der Waals surface area contributed by atoms with Gasteiger partial charge < -0.3 is 9.94 Å². The first-order valence-electron chi connectivity index (χ1n) is 6.83. The molecule has 0 spiro atoms. The lowest BCUT2D eigenvalue weighted by atomic mass is 9.93. The summed E-state index contributed by atoms with van der Waals surface area (Å²) in [7, 11) is 1.69. The molecule has 0 aliphatic carbocycles. The second-order valence-electron chi connectivity index (χ2n) is 5.03. The van der Waals surface area contributed by atoms with Gasteiger partial charge in [0.15, 0.2) is 0 Å². The van der Waals surface area contributed by atoms with Gasteiger partial charge in [0.25, 0.3) is 0 Å². The Balaban J connectivity index is 2.00. The summed E-state index contributed by atoms with van der Waals surface area (Å²) in [6, 6.07) is 8.19. The SMILES string of the molecule is CCC1CN(Cc2cccc(OC)c2)CC/C1=N\O. The van der Waals surface area contributed by atoms with E-state index in [0.29, 0.717) is 5.92 Å². The smallest absolute Gasteiger partial charge is 0.119 e. The van der Waals surface area contributed by atoms with Gasteiger partial charge in [-0.15, -0.1) is 0 Å². The Bertz CT molecular complexity index is 446. The van der Waals surface area contributed by atoms with E-state index >= 15 is 0 Å². The Labute approximate surface area is 114 Å². The monoisotopic (exact) mass is 262 g/mol. The van der Waals surface area contributed by atoms with Crippen molar-refractivity contribution in [2.75, 3.05) is 20.2 Å². The van der Waals surface area contributed by atoms with Crippen molar-refractivity contribution in [1.82, 2.24) is 4.90 Å². The third-order valence-corrected chi connectivity index (χ3v) is 3.80. The van der Waals surface area contributed by atoms with Crippen LogP contribution in [-0.4, -0.2) is 36.0 Å². The van der Waals surface area contributed by atoms with Crippen LogP contribution in [0, 0.1) is 5.92 Å². The number of nitrogens with zero attached hydrogens (tertiary/aromatic N) is 2. The Morgan fingerprint density at radius 2 is 2.32 bits per heavy atom. The first-order chi connectivity index (χ1) is 9.26. The molecule has 0 radical (unpaired) electrons. The standard InChI is InChI=1S/C15H22N2O2/c1-3-13-11-17(8-7-15(13)16-18)10-12-5-4-6-14(9-12)19-2/h4-6,9,13,18H,3,7-8,10-11H2,1-2H3/b16-15+. The number of rotatable bonds is 4. The number of piperidine rings is 1. The highest BCUT2D eigenvalue weighted by molar-refractivity contribution is 5.87. The van der Waals surface area contributed by atoms with Gasteiger partial charge in [-0.25, -0.2) is 0 Å². The molecule has 4 nitrogen and oxygen atoms in total. The predicted octanol–water partition coefficient (Wildman–Crippen LogP) is 2.76. The van der Waals surface area contributed by atoms with Crippen molar-refractivity contribution in [3.63, 3.8) is 0 Å². The number of hydrogen-bond acceptors (Lipinski definition) is 4. The normalized spacial score (nSPS) is 22.6. The lowest BCUT2D eigenvalue weighted by Gasteiger charge is -2.32. The summed E-state index contributed by atoms with van der Waals surface area (Å²) in [5.74, 6) is 1.28. The molecule has 0 bridgehead atoms. The zero-order valence-electron chi connectivity index (χ0n) is 11.7. The van der Waals surface area contributed by atoms with Crippen LogP contribution in [0.2, 0.25) is 0 Å². The molecule has 0 aromatic heterocycles. The minimum absolute atomic E-state index is 0.379. The molecule has 1 fully saturated rings. The average molecular weight is 262 g/mol. The van der Waals surface area contributed by atoms with E-state index < -0.39 is 0 Å². The maximum absolute atomic E-state index is 8.99.